The van der Waals surface area contributed by atoms with Crippen LogP contribution < -0.4 is 16.0 Å². The van der Waals surface area contributed by atoms with Crippen LogP contribution in [0.3, 0.4) is 0 Å². The van der Waals surface area contributed by atoms with Crippen LogP contribution in [0.4, 0.5) is 11.4 Å². The number of benzene rings is 3. The first-order valence-corrected chi connectivity index (χ1v) is 14.7. The molecule has 1 heterocycles. The average Bonchev–Trinajstić information content (AvgIpc) is 2.76. The first-order valence-electron chi connectivity index (χ1n) is 10.1. The second kappa shape index (κ2) is 9.36. The number of anilines is 2. The first kappa shape index (κ1) is 21.1. The topological polar surface area (TPSA) is 62.4 Å². The molecule has 0 aromatic heterocycles. The second-order valence-corrected chi connectivity index (χ2v) is 15.3. The van der Waals surface area contributed by atoms with Crippen molar-refractivity contribution < 1.29 is 9.53 Å². The number of hydrogen-bond acceptors (Lipinski definition) is 5. The van der Waals surface area contributed by atoms with E-state index in [1.165, 1.54) is 10.8 Å². The molecule has 0 fully saturated rings. The number of carbonyl (C=O) groups is 1. The van der Waals surface area contributed by atoms with E-state index in [0.717, 1.165) is 29.5 Å². The molecule has 1 atom stereocenters. The van der Waals surface area contributed by atoms with Gasteiger partial charge in [0.25, 0.3) is 0 Å². The zero-order valence-electron chi connectivity index (χ0n) is 16.9. The summed E-state index contributed by atoms with van der Waals surface area (Å²) in [5.41, 5.74) is 1.60. The minimum absolute atomic E-state index is 0.238. The molecule has 7 heteroatoms. The van der Waals surface area contributed by atoms with Crippen LogP contribution in [0.1, 0.15) is 18.5 Å². The van der Waals surface area contributed by atoms with Gasteiger partial charge in [0.05, 0.1) is 0 Å². The van der Waals surface area contributed by atoms with E-state index >= 15 is 0 Å². The molecule has 0 saturated heterocycles. The van der Waals surface area contributed by atoms with Gasteiger partial charge in [-0.1, -0.05) is 0 Å². The molecule has 0 radical (unpaired) electrons. The summed E-state index contributed by atoms with van der Waals surface area (Å²) >= 11 is 3.47. The Morgan fingerprint density at radius 3 is 2.27 bits per heavy atom. The maximum absolute atomic E-state index is 12.6. The van der Waals surface area contributed by atoms with Crippen LogP contribution in [-0.2, 0) is 9.53 Å². The number of carbonyl (C=O) groups excluding carboxylic acids is 1. The molecule has 4 rings (SSSR count). The molecule has 0 aliphatic carbocycles. The average molecular weight is 486 g/mol. The van der Waals surface area contributed by atoms with E-state index in [2.05, 4.69) is 67.4 Å². The zero-order valence-corrected chi connectivity index (χ0v) is 19.5. The Morgan fingerprint density at radius 1 is 1.03 bits per heavy atom. The van der Waals surface area contributed by atoms with Crippen molar-refractivity contribution in [1.29, 1.82) is 0 Å². The molecule has 0 spiro atoms. The van der Waals surface area contributed by atoms with Crippen molar-refractivity contribution >= 4 is 48.7 Å². The second-order valence-electron chi connectivity index (χ2n) is 7.40. The molecule has 156 valence electrons. The third-order valence-corrected chi connectivity index (χ3v) is 9.92. The minimum atomic E-state index is -1.60. The summed E-state index contributed by atoms with van der Waals surface area (Å²) in [7, 11) is 0. The Morgan fingerprint density at radius 2 is 1.67 bits per heavy atom. The molecule has 1 aliphatic rings. The Bertz CT molecular complexity index is 1040. The monoisotopic (exact) mass is 487 g/mol. The summed E-state index contributed by atoms with van der Waals surface area (Å²) in [5.74, 6) is -0.238. The molecule has 3 aromatic rings. The molecule has 0 unspecified atom stereocenters. The van der Waals surface area contributed by atoms with Gasteiger partial charge < -0.3 is 0 Å². The van der Waals surface area contributed by atoms with Gasteiger partial charge in [-0.3, -0.25) is 0 Å². The molecule has 30 heavy (non-hydrogen) atoms. The van der Waals surface area contributed by atoms with Crippen molar-refractivity contribution in [2.45, 2.75) is 13.0 Å². The quantitative estimate of drug-likeness (QED) is 0.271. The number of rotatable bonds is 6. The van der Waals surface area contributed by atoms with Crippen molar-refractivity contribution in [3.8, 4) is 0 Å². The Balaban J connectivity index is 1.54. The van der Waals surface area contributed by atoms with Crippen LogP contribution in [0.5, 0.6) is 0 Å². The van der Waals surface area contributed by atoms with Gasteiger partial charge in [-0.05, 0) is 0 Å². The van der Waals surface area contributed by atoms with E-state index in [4.69, 9.17) is 4.74 Å². The predicted octanol–water partition coefficient (Wildman–Crippen LogP) is 4.54. The number of nitrogens with one attached hydrogen (secondary N) is 3. The third-order valence-electron chi connectivity index (χ3n) is 5.26. The van der Waals surface area contributed by atoms with E-state index < -0.39 is 11.6 Å². The molecular formula is C23H26N3O2PSe. The Kier molecular flexibility index (Phi) is 6.60. The summed E-state index contributed by atoms with van der Waals surface area (Å²) in [6.45, 7) is 2.20. The third kappa shape index (κ3) is 4.63. The van der Waals surface area contributed by atoms with E-state index in [0.29, 0.717) is 12.9 Å². The number of hydrogen-bond donors (Lipinski definition) is 3. The van der Waals surface area contributed by atoms with E-state index in [1.54, 1.807) is 0 Å². The van der Waals surface area contributed by atoms with Gasteiger partial charge >= 0.3 is 185 Å². The van der Waals surface area contributed by atoms with Crippen molar-refractivity contribution in [3.05, 3.63) is 72.3 Å². The summed E-state index contributed by atoms with van der Waals surface area (Å²) < 4.78 is 5.33. The number of ether oxygens (including phenoxy) is 1. The van der Waals surface area contributed by atoms with Gasteiger partial charge in [0.1, 0.15) is 0 Å². The van der Waals surface area contributed by atoms with Crippen LogP contribution in [-0.4, -0.2) is 46.5 Å². The summed E-state index contributed by atoms with van der Waals surface area (Å²) in [5, 5.41) is 13.3. The summed E-state index contributed by atoms with van der Waals surface area (Å²) in [6.07, 6.45) is 2.39. The van der Waals surface area contributed by atoms with Crippen LogP contribution in [0, 0.1) is 0 Å². The fourth-order valence-corrected chi connectivity index (χ4v) is 6.78. The molecule has 3 N–H and O–H groups in total. The molecule has 0 saturated carbocycles. The fraction of sp³-hybridized carbons (Fsp3) is 0.261. The summed E-state index contributed by atoms with van der Waals surface area (Å²) in [4.78, 5) is 12.6. The normalized spacial score (nSPS) is 15.9. The molecule has 1 aliphatic heterocycles. The van der Waals surface area contributed by atoms with Crippen molar-refractivity contribution in [2.75, 3.05) is 36.1 Å². The van der Waals surface area contributed by atoms with Crippen molar-refractivity contribution in [3.63, 3.8) is 0 Å². The SMILES string of the molecule is CCOC(=O)[C@@H](NCP1(=[Se])CNc2cccc3cccc(c23)NC1)c1ccccc1. The van der Waals surface area contributed by atoms with Crippen LogP contribution in [0.15, 0.2) is 66.7 Å². The molecular weight excluding hydrogens is 460 g/mol. The van der Waals surface area contributed by atoms with Gasteiger partial charge in [-0.25, -0.2) is 0 Å². The molecule has 3 aromatic carbocycles. The van der Waals surface area contributed by atoms with E-state index in [1.807, 2.05) is 37.3 Å². The molecule has 0 bridgehead atoms. The van der Waals surface area contributed by atoms with Gasteiger partial charge in [-0.2, -0.15) is 0 Å². The van der Waals surface area contributed by atoms with Gasteiger partial charge in [0.2, 0.25) is 0 Å². The van der Waals surface area contributed by atoms with Crippen LogP contribution >= 0.6 is 5.51 Å². The Hall–Kier alpha value is -2.10. The fourth-order valence-electron chi connectivity index (χ4n) is 3.73. The Labute approximate surface area is 184 Å². The van der Waals surface area contributed by atoms with Crippen LogP contribution in [0.2, 0.25) is 0 Å². The summed E-state index contributed by atoms with van der Waals surface area (Å²) in [6, 6.07) is 22.0. The van der Waals surface area contributed by atoms with Gasteiger partial charge in [0.15, 0.2) is 0 Å². The number of esters is 1. The van der Waals surface area contributed by atoms with E-state index in [9.17, 15) is 4.79 Å². The van der Waals surface area contributed by atoms with Gasteiger partial charge in [0, 0.05) is 0 Å². The van der Waals surface area contributed by atoms with Gasteiger partial charge in [-0.15, -0.1) is 0 Å². The van der Waals surface area contributed by atoms with Crippen LogP contribution in [0.25, 0.3) is 10.8 Å². The first-order chi connectivity index (χ1) is 14.6. The maximum atomic E-state index is 12.6. The van der Waals surface area contributed by atoms with E-state index in [-0.39, 0.29) is 5.97 Å². The molecule has 0 amide bonds. The van der Waals surface area contributed by atoms with Crippen molar-refractivity contribution in [1.82, 2.24) is 5.32 Å². The standard InChI is InChI=1S/C23H26N3O2PSe/c1-2-28-23(27)22(18-8-4-3-5-9-18)26-16-29(30)14-24-19-12-6-10-17-11-7-13-20(21(17)19)25-15-29/h3-13,22,24-26H,2,14-16H2,1H3/t22-/m0/s1. The predicted molar refractivity (Wildman–Crippen MR) is 127 cm³/mol. The molecule has 5 nitrogen and oxygen atoms in total. The zero-order chi connectivity index (χ0) is 21.0. The van der Waals surface area contributed by atoms with Crippen molar-refractivity contribution in [2.24, 2.45) is 0 Å².